The number of hydrogen-bond donors (Lipinski definition) is 1. The molecule has 0 aromatic heterocycles. The third-order valence-electron chi connectivity index (χ3n) is 2.98. The van der Waals surface area contributed by atoms with Crippen LogP contribution in [0.15, 0.2) is 18.2 Å². The SMILES string of the molecule is CCC[C@H]1CC(=O)c2c(C)cccc2N1. The van der Waals surface area contributed by atoms with Crippen molar-refractivity contribution >= 4 is 11.5 Å². The Balaban J connectivity index is 2.32. The molecule has 0 aliphatic carbocycles. The lowest BCUT2D eigenvalue weighted by Crippen LogP contribution is -2.29. The van der Waals surface area contributed by atoms with Gasteiger partial charge in [0.1, 0.15) is 0 Å². The maximum Gasteiger partial charge on any atom is 0.167 e. The summed E-state index contributed by atoms with van der Waals surface area (Å²) in [5.74, 6) is 0.292. The smallest absolute Gasteiger partial charge is 0.167 e. The first-order valence-electron chi connectivity index (χ1n) is 5.61. The van der Waals surface area contributed by atoms with Crippen molar-refractivity contribution in [2.45, 2.75) is 39.2 Å². The number of carbonyl (C=O) groups is 1. The van der Waals surface area contributed by atoms with Crippen LogP contribution in [-0.2, 0) is 0 Å². The number of carbonyl (C=O) groups excluding carboxylic acids is 1. The maximum absolute atomic E-state index is 12.0. The molecule has 0 unspecified atom stereocenters. The standard InChI is InChI=1S/C13H17NO/c1-3-5-10-8-12(15)13-9(2)6-4-7-11(13)14-10/h4,6-7,10,14H,3,5,8H2,1-2H3/t10-/m0/s1. The fourth-order valence-corrected chi connectivity index (χ4v) is 2.28. The van der Waals surface area contributed by atoms with E-state index in [0.717, 1.165) is 29.7 Å². The molecule has 0 radical (unpaired) electrons. The number of nitrogens with one attached hydrogen (secondary N) is 1. The van der Waals surface area contributed by atoms with E-state index >= 15 is 0 Å². The van der Waals surface area contributed by atoms with E-state index in [1.165, 1.54) is 0 Å². The van der Waals surface area contributed by atoms with Crippen molar-refractivity contribution in [3.8, 4) is 0 Å². The highest BCUT2D eigenvalue weighted by atomic mass is 16.1. The number of rotatable bonds is 2. The van der Waals surface area contributed by atoms with Gasteiger partial charge in [0, 0.05) is 23.7 Å². The average Bonchev–Trinajstić information content (AvgIpc) is 2.17. The van der Waals surface area contributed by atoms with Crippen LogP contribution in [0.3, 0.4) is 0 Å². The molecule has 1 atom stereocenters. The van der Waals surface area contributed by atoms with Crippen LogP contribution >= 0.6 is 0 Å². The Labute approximate surface area is 90.7 Å². The summed E-state index contributed by atoms with van der Waals surface area (Å²) < 4.78 is 0. The van der Waals surface area contributed by atoms with Gasteiger partial charge in [0.15, 0.2) is 5.78 Å². The second-order valence-electron chi connectivity index (χ2n) is 4.25. The molecule has 0 bridgehead atoms. The zero-order chi connectivity index (χ0) is 10.8. The minimum Gasteiger partial charge on any atom is -0.381 e. The van der Waals surface area contributed by atoms with Crippen molar-refractivity contribution in [3.63, 3.8) is 0 Å². The van der Waals surface area contributed by atoms with Crippen LogP contribution in [0.4, 0.5) is 5.69 Å². The molecule has 0 fully saturated rings. The van der Waals surface area contributed by atoms with Gasteiger partial charge in [-0.15, -0.1) is 0 Å². The minimum atomic E-state index is 0.292. The van der Waals surface area contributed by atoms with Gasteiger partial charge in [-0.1, -0.05) is 25.5 Å². The van der Waals surface area contributed by atoms with Gasteiger partial charge in [-0.05, 0) is 25.0 Å². The molecular weight excluding hydrogens is 186 g/mol. The lowest BCUT2D eigenvalue weighted by molar-refractivity contribution is 0.0970. The number of aryl methyl sites for hydroxylation is 1. The van der Waals surface area contributed by atoms with E-state index < -0.39 is 0 Å². The fourth-order valence-electron chi connectivity index (χ4n) is 2.28. The van der Waals surface area contributed by atoms with Gasteiger partial charge in [0.25, 0.3) is 0 Å². The summed E-state index contributed by atoms with van der Waals surface area (Å²) in [4.78, 5) is 12.0. The molecule has 1 heterocycles. The summed E-state index contributed by atoms with van der Waals surface area (Å²) in [5.41, 5.74) is 2.99. The summed E-state index contributed by atoms with van der Waals surface area (Å²) >= 11 is 0. The zero-order valence-corrected chi connectivity index (χ0v) is 9.34. The van der Waals surface area contributed by atoms with Crippen molar-refractivity contribution in [2.75, 3.05) is 5.32 Å². The highest BCUT2D eigenvalue weighted by Gasteiger charge is 2.24. The van der Waals surface area contributed by atoms with Crippen molar-refractivity contribution in [1.82, 2.24) is 0 Å². The van der Waals surface area contributed by atoms with Crippen molar-refractivity contribution in [1.29, 1.82) is 0 Å². The zero-order valence-electron chi connectivity index (χ0n) is 9.34. The molecule has 1 aromatic rings. The monoisotopic (exact) mass is 203 g/mol. The maximum atomic E-state index is 12.0. The summed E-state index contributed by atoms with van der Waals surface area (Å²) in [7, 11) is 0. The largest absolute Gasteiger partial charge is 0.381 e. The van der Waals surface area contributed by atoms with Gasteiger partial charge in [-0.25, -0.2) is 0 Å². The summed E-state index contributed by atoms with van der Waals surface area (Å²) in [6.45, 7) is 4.15. The van der Waals surface area contributed by atoms with Crippen LogP contribution in [0.2, 0.25) is 0 Å². The normalized spacial score (nSPS) is 19.6. The number of ketones is 1. The summed E-state index contributed by atoms with van der Waals surface area (Å²) in [6, 6.07) is 6.33. The van der Waals surface area contributed by atoms with Crippen molar-refractivity contribution < 1.29 is 4.79 Å². The molecule has 0 spiro atoms. The number of fused-ring (bicyclic) bond motifs is 1. The minimum absolute atomic E-state index is 0.292. The molecule has 2 nitrogen and oxygen atoms in total. The highest BCUT2D eigenvalue weighted by molar-refractivity contribution is 6.04. The van der Waals surface area contributed by atoms with E-state index in [0.29, 0.717) is 18.2 Å². The Bertz CT molecular complexity index is 384. The number of hydrogen-bond acceptors (Lipinski definition) is 2. The third kappa shape index (κ3) is 1.89. The molecular formula is C13H17NO. The van der Waals surface area contributed by atoms with E-state index in [-0.39, 0.29) is 0 Å². The molecule has 0 saturated carbocycles. The predicted octanol–water partition coefficient (Wildman–Crippen LogP) is 3.16. The lowest BCUT2D eigenvalue weighted by Gasteiger charge is -2.26. The second kappa shape index (κ2) is 4.05. The van der Waals surface area contributed by atoms with Crippen molar-refractivity contribution in [2.24, 2.45) is 0 Å². The Hall–Kier alpha value is -1.31. The Morgan fingerprint density at radius 3 is 3.00 bits per heavy atom. The van der Waals surface area contributed by atoms with Crippen LogP contribution < -0.4 is 5.32 Å². The van der Waals surface area contributed by atoms with Crippen LogP contribution in [0, 0.1) is 6.92 Å². The topological polar surface area (TPSA) is 29.1 Å². The van der Waals surface area contributed by atoms with Crippen LogP contribution in [0.1, 0.15) is 42.1 Å². The van der Waals surface area contributed by atoms with E-state index in [4.69, 9.17) is 0 Å². The number of benzene rings is 1. The predicted molar refractivity (Wildman–Crippen MR) is 62.4 cm³/mol. The number of Topliss-reactive ketones (excluding diaryl/α,β-unsaturated/α-hetero) is 1. The molecule has 1 aliphatic rings. The van der Waals surface area contributed by atoms with E-state index in [1.807, 2.05) is 25.1 Å². The van der Waals surface area contributed by atoms with Gasteiger partial charge in [-0.2, -0.15) is 0 Å². The molecule has 0 amide bonds. The Morgan fingerprint density at radius 1 is 1.47 bits per heavy atom. The molecule has 0 saturated heterocycles. The Morgan fingerprint density at radius 2 is 2.27 bits per heavy atom. The molecule has 1 aliphatic heterocycles. The molecule has 15 heavy (non-hydrogen) atoms. The van der Waals surface area contributed by atoms with Gasteiger partial charge >= 0.3 is 0 Å². The first kappa shape index (κ1) is 10.2. The van der Waals surface area contributed by atoms with Crippen LogP contribution in [0.25, 0.3) is 0 Å². The highest BCUT2D eigenvalue weighted by Crippen LogP contribution is 2.28. The van der Waals surface area contributed by atoms with Gasteiger partial charge in [0.2, 0.25) is 0 Å². The Kier molecular flexibility index (Phi) is 2.76. The molecule has 80 valence electrons. The van der Waals surface area contributed by atoms with E-state index in [2.05, 4.69) is 12.2 Å². The van der Waals surface area contributed by atoms with E-state index in [9.17, 15) is 4.79 Å². The average molecular weight is 203 g/mol. The van der Waals surface area contributed by atoms with Gasteiger partial charge in [-0.3, -0.25) is 4.79 Å². The molecule has 1 aromatic carbocycles. The van der Waals surface area contributed by atoms with Crippen LogP contribution in [0.5, 0.6) is 0 Å². The first-order valence-corrected chi connectivity index (χ1v) is 5.61. The summed E-state index contributed by atoms with van der Waals surface area (Å²) in [6.07, 6.45) is 2.83. The van der Waals surface area contributed by atoms with E-state index in [1.54, 1.807) is 0 Å². The molecule has 2 rings (SSSR count). The van der Waals surface area contributed by atoms with Crippen LogP contribution in [-0.4, -0.2) is 11.8 Å². The molecule has 1 N–H and O–H groups in total. The number of anilines is 1. The fraction of sp³-hybridized carbons (Fsp3) is 0.462. The van der Waals surface area contributed by atoms with Gasteiger partial charge < -0.3 is 5.32 Å². The first-order chi connectivity index (χ1) is 7.22. The lowest BCUT2D eigenvalue weighted by atomic mass is 9.91. The third-order valence-corrected chi connectivity index (χ3v) is 2.98. The van der Waals surface area contributed by atoms with Gasteiger partial charge in [0.05, 0.1) is 0 Å². The molecule has 2 heteroatoms. The summed E-state index contributed by atoms with van der Waals surface area (Å²) in [5, 5.41) is 3.45. The second-order valence-corrected chi connectivity index (χ2v) is 4.25. The van der Waals surface area contributed by atoms with Crippen molar-refractivity contribution in [3.05, 3.63) is 29.3 Å². The quantitative estimate of drug-likeness (QED) is 0.800.